The largest absolute Gasteiger partial charge is 0.291 e. The summed E-state index contributed by atoms with van der Waals surface area (Å²) in [6, 6.07) is 2.85. The van der Waals surface area contributed by atoms with Gasteiger partial charge in [0.05, 0.1) is 6.42 Å². The van der Waals surface area contributed by atoms with Crippen LogP contribution in [0.15, 0.2) is 22.7 Å². The number of amides is 1. The third-order valence-corrected chi connectivity index (χ3v) is 7.94. The lowest BCUT2D eigenvalue weighted by Crippen LogP contribution is -2.32. The Hall–Kier alpha value is -1.80. The van der Waals surface area contributed by atoms with Gasteiger partial charge in [0.15, 0.2) is 0 Å². The first-order chi connectivity index (χ1) is 13.5. The van der Waals surface area contributed by atoms with Gasteiger partial charge in [0.2, 0.25) is 10.2 Å². The number of nitrogens with zero attached hydrogens (tertiary/aromatic N) is 1. The molecule has 0 spiro atoms. The Bertz CT molecular complexity index is 953. The summed E-state index contributed by atoms with van der Waals surface area (Å²) in [5.41, 5.74) is 2.12. The molecule has 0 saturated heterocycles. The predicted molar refractivity (Wildman–Crippen MR) is 114 cm³/mol. The maximum Gasteiger partial charge on any atom is 0.291 e. The molecule has 0 aliphatic carbocycles. The second-order valence-corrected chi connectivity index (χ2v) is 10.8. The van der Waals surface area contributed by atoms with Gasteiger partial charge in [-0.25, -0.2) is 14.1 Å². The quantitative estimate of drug-likeness (QED) is 0.620. The van der Waals surface area contributed by atoms with Gasteiger partial charge >= 0.3 is 0 Å². The fraction of sp³-hybridized carbons (Fsp3) is 0.524. The molecule has 8 heteroatoms. The van der Waals surface area contributed by atoms with Crippen LogP contribution in [0, 0.1) is 5.82 Å². The van der Waals surface area contributed by atoms with E-state index in [0.29, 0.717) is 5.56 Å². The van der Waals surface area contributed by atoms with Crippen molar-refractivity contribution < 1.29 is 17.6 Å². The first kappa shape index (κ1) is 23.5. The number of hydrogen-bond acceptors (Lipinski definition) is 5. The van der Waals surface area contributed by atoms with Crippen LogP contribution in [0.2, 0.25) is 0 Å². The lowest BCUT2D eigenvalue weighted by molar-refractivity contribution is -0.118. The molecule has 1 N–H and O–H groups in total. The van der Waals surface area contributed by atoms with Crippen molar-refractivity contribution in [1.82, 2.24) is 9.71 Å². The van der Waals surface area contributed by atoms with E-state index >= 15 is 0 Å². The van der Waals surface area contributed by atoms with Gasteiger partial charge in [-0.3, -0.25) is 4.79 Å². The number of halogens is 1. The van der Waals surface area contributed by atoms with E-state index in [4.69, 9.17) is 0 Å². The van der Waals surface area contributed by atoms with E-state index in [0.717, 1.165) is 33.8 Å². The van der Waals surface area contributed by atoms with Gasteiger partial charge in [-0.05, 0) is 53.0 Å². The monoisotopic (exact) mass is 440 g/mol. The molecule has 1 aromatic carbocycles. The highest BCUT2D eigenvalue weighted by Gasteiger charge is 2.25. The molecular formula is C21H29FN2O3S2. The standard InChI is InChI=1S/C21H29FN2O3S2/c1-7-14(6)19-11-23-21(28-19)29(26,27)24-20(25)10-18-16(12(2)3)8-15(22)9-17(18)13(4)5/h8-9,11-14H,7,10H2,1-6H3,(H,24,25). The Labute approximate surface area is 176 Å². The molecule has 2 aromatic rings. The second-order valence-electron chi connectivity index (χ2n) is 7.92. The van der Waals surface area contributed by atoms with Gasteiger partial charge in [-0.15, -0.1) is 11.3 Å². The van der Waals surface area contributed by atoms with Crippen molar-refractivity contribution in [2.45, 2.75) is 76.5 Å². The van der Waals surface area contributed by atoms with Crippen LogP contribution >= 0.6 is 11.3 Å². The zero-order valence-electron chi connectivity index (χ0n) is 17.7. The molecule has 0 radical (unpaired) electrons. The number of thiazole rings is 1. The highest BCUT2D eigenvalue weighted by molar-refractivity contribution is 7.92. The van der Waals surface area contributed by atoms with E-state index in [-0.39, 0.29) is 34.3 Å². The van der Waals surface area contributed by atoms with E-state index < -0.39 is 15.9 Å². The summed E-state index contributed by atoms with van der Waals surface area (Å²) in [6.45, 7) is 11.7. The third kappa shape index (κ3) is 5.63. The minimum absolute atomic E-state index is 0.000315. The molecule has 160 valence electrons. The Kier molecular flexibility index (Phi) is 7.56. The maximum atomic E-state index is 14.1. The molecule has 1 heterocycles. The number of aromatic nitrogens is 1. The number of carbonyl (C=O) groups excluding carboxylic acids is 1. The van der Waals surface area contributed by atoms with E-state index in [9.17, 15) is 17.6 Å². The number of hydrogen-bond donors (Lipinski definition) is 1. The molecule has 1 aromatic heterocycles. The average molecular weight is 441 g/mol. The molecule has 2 rings (SSSR count). The SMILES string of the molecule is CCC(C)c1cnc(S(=O)(=O)NC(=O)Cc2c(C(C)C)cc(F)cc2C(C)C)s1. The van der Waals surface area contributed by atoms with E-state index in [2.05, 4.69) is 9.71 Å². The van der Waals surface area contributed by atoms with Crippen LogP contribution in [0.4, 0.5) is 4.39 Å². The Morgan fingerprint density at radius 3 is 2.17 bits per heavy atom. The van der Waals surface area contributed by atoms with Crippen LogP contribution in [0.1, 0.15) is 87.3 Å². The Morgan fingerprint density at radius 1 is 1.14 bits per heavy atom. The average Bonchev–Trinajstić information content (AvgIpc) is 3.12. The molecule has 0 aliphatic rings. The highest BCUT2D eigenvalue weighted by Crippen LogP contribution is 2.30. The van der Waals surface area contributed by atoms with Gasteiger partial charge < -0.3 is 0 Å². The molecule has 5 nitrogen and oxygen atoms in total. The molecule has 0 fully saturated rings. The van der Waals surface area contributed by atoms with Crippen molar-refractivity contribution in [3.05, 3.63) is 45.7 Å². The van der Waals surface area contributed by atoms with Gasteiger partial charge in [-0.1, -0.05) is 41.5 Å². The summed E-state index contributed by atoms with van der Waals surface area (Å²) in [6.07, 6.45) is 2.28. The zero-order chi connectivity index (χ0) is 21.9. The summed E-state index contributed by atoms with van der Waals surface area (Å²) in [7, 11) is -4.04. The van der Waals surface area contributed by atoms with Gasteiger partial charge in [-0.2, -0.15) is 8.42 Å². The summed E-state index contributed by atoms with van der Waals surface area (Å²) in [5.74, 6) is -0.803. The molecule has 0 bridgehead atoms. The smallest absolute Gasteiger partial charge is 0.274 e. The van der Waals surface area contributed by atoms with Gasteiger partial charge in [0.1, 0.15) is 5.82 Å². The van der Waals surface area contributed by atoms with Crippen molar-refractivity contribution in [2.24, 2.45) is 0 Å². The topological polar surface area (TPSA) is 76.1 Å². The van der Waals surface area contributed by atoms with Gasteiger partial charge in [0, 0.05) is 11.1 Å². The van der Waals surface area contributed by atoms with Crippen LogP contribution in [-0.2, 0) is 21.2 Å². The van der Waals surface area contributed by atoms with Crippen LogP contribution in [0.25, 0.3) is 0 Å². The number of sulfonamides is 1. The van der Waals surface area contributed by atoms with Crippen molar-refractivity contribution in [2.75, 3.05) is 0 Å². The number of benzene rings is 1. The molecule has 0 aliphatic heterocycles. The van der Waals surface area contributed by atoms with E-state index in [1.165, 1.54) is 12.1 Å². The first-order valence-corrected chi connectivity index (χ1v) is 12.1. The number of carbonyl (C=O) groups is 1. The van der Waals surface area contributed by atoms with Crippen LogP contribution in [0.5, 0.6) is 0 Å². The lowest BCUT2D eigenvalue weighted by atomic mass is 9.87. The minimum atomic E-state index is -4.04. The second kappa shape index (κ2) is 9.34. The third-order valence-electron chi connectivity index (χ3n) is 4.94. The fourth-order valence-electron chi connectivity index (χ4n) is 3.13. The van der Waals surface area contributed by atoms with Gasteiger partial charge in [0.25, 0.3) is 10.0 Å². The zero-order valence-corrected chi connectivity index (χ0v) is 19.4. The first-order valence-electron chi connectivity index (χ1n) is 9.79. The molecule has 1 amide bonds. The maximum absolute atomic E-state index is 14.1. The lowest BCUT2D eigenvalue weighted by Gasteiger charge is -2.19. The summed E-state index contributed by atoms with van der Waals surface area (Å²) >= 11 is 1.08. The normalized spacial score (nSPS) is 13.1. The van der Waals surface area contributed by atoms with Crippen LogP contribution in [0.3, 0.4) is 0 Å². The Balaban J connectivity index is 2.30. The molecule has 0 saturated carbocycles. The molecule has 29 heavy (non-hydrogen) atoms. The van der Waals surface area contributed by atoms with Crippen LogP contribution < -0.4 is 4.72 Å². The highest BCUT2D eigenvalue weighted by atomic mass is 32.2. The summed E-state index contributed by atoms with van der Waals surface area (Å²) < 4.78 is 41.3. The number of nitrogens with one attached hydrogen (secondary N) is 1. The summed E-state index contributed by atoms with van der Waals surface area (Å²) in [4.78, 5) is 17.5. The van der Waals surface area contributed by atoms with Crippen molar-refractivity contribution >= 4 is 27.3 Å². The molecule has 1 unspecified atom stereocenters. The van der Waals surface area contributed by atoms with Crippen molar-refractivity contribution in [3.63, 3.8) is 0 Å². The fourth-order valence-corrected chi connectivity index (χ4v) is 5.41. The van der Waals surface area contributed by atoms with Crippen LogP contribution in [-0.4, -0.2) is 19.3 Å². The van der Waals surface area contributed by atoms with E-state index in [1.807, 2.05) is 41.5 Å². The number of rotatable bonds is 8. The predicted octanol–water partition coefficient (Wildman–Crippen LogP) is 5.09. The molecular weight excluding hydrogens is 411 g/mol. The summed E-state index contributed by atoms with van der Waals surface area (Å²) in [5, 5.41) is 0. The minimum Gasteiger partial charge on any atom is -0.274 e. The Morgan fingerprint density at radius 2 is 1.69 bits per heavy atom. The van der Waals surface area contributed by atoms with Crippen molar-refractivity contribution in [3.8, 4) is 0 Å². The van der Waals surface area contributed by atoms with Crippen molar-refractivity contribution in [1.29, 1.82) is 0 Å². The molecule has 1 atom stereocenters. The van der Waals surface area contributed by atoms with E-state index in [1.54, 1.807) is 6.20 Å².